The summed E-state index contributed by atoms with van der Waals surface area (Å²) in [7, 11) is 0. The first-order valence-corrected chi connectivity index (χ1v) is 5.18. The molecule has 2 heteroatoms. The fourth-order valence-electron chi connectivity index (χ4n) is 1.32. The number of rotatable bonds is 7. The average molecular weight is 181 g/mol. The molecule has 0 amide bonds. The lowest BCUT2D eigenvalue weighted by Gasteiger charge is -2.05. The third kappa shape index (κ3) is 5.41. The van der Waals surface area contributed by atoms with Gasteiger partial charge in [-0.2, -0.15) is 5.26 Å². The van der Waals surface area contributed by atoms with Gasteiger partial charge in [-0.15, -0.1) is 0 Å². The van der Waals surface area contributed by atoms with E-state index in [0.29, 0.717) is 6.42 Å². The molecule has 13 heavy (non-hydrogen) atoms. The minimum absolute atomic E-state index is 0.0963. The fraction of sp³-hybridized carbons (Fsp3) is 0.818. The number of carbonyl (C=O) groups excluding carboxylic acids is 1. The molecule has 0 aliphatic heterocycles. The van der Waals surface area contributed by atoms with Crippen molar-refractivity contribution in [1.29, 1.82) is 5.26 Å². The molecule has 0 N–H and O–H groups in total. The van der Waals surface area contributed by atoms with Crippen molar-refractivity contribution in [2.45, 2.75) is 52.4 Å². The Morgan fingerprint density at radius 1 is 1.31 bits per heavy atom. The summed E-state index contributed by atoms with van der Waals surface area (Å²) < 4.78 is 0. The molecule has 0 aromatic rings. The molecule has 0 aromatic heterocycles. The van der Waals surface area contributed by atoms with Gasteiger partial charge in [-0.1, -0.05) is 39.5 Å². The van der Waals surface area contributed by atoms with Crippen LogP contribution in [-0.2, 0) is 4.79 Å². The lowest BCUT2D eigenvalue weighted by atomic mass is 9.96. The van der Waals surface area contributed by atoms with E-state index in [0.717, 1.165) is 19.3 Å². The van der Waals surface area contributed by atoms with Crippen LogP contribution in [0.4, 0.5) is 0 Å². The Morgan fingerprint density at radius 2 is 2.00 bits per heavy atom. The highest BCUT2D eigenvalue weighted by Gasteiger charge is 2.14. The van der Waals surface area contributed by atoms with E-state index in [-0.39, 0.29) is 11.7 Å². The fourth-order valence-corrected chi connectivity index (χ4v) is 1.32. The Labute approximate surface area is 80.9 Å². The van der Waals surface area contributed by atoms with Crippen LogP contribution >= 0.6 is 0 Å². The van der Waals surface area contributed by atoms with Crippen LogP contribution in [-0.4, -0.2) is 5.78 Å². The number of hydrogen-bond acceptors (Lipinski definition) is 2. The van der Waals surface area contributed by atoms with Crippen LogP contribution in [0.25, 0.3) is 0 Å². The van der Waals surface area contributed by atoms with E-state index >= 15 is 0 Å². The first kappa shape index (κ1) is 12.2. The second kappa shape index (κ2) is 7.79. The van der Waals surface area contributed by atoms with Crippen molar-refractivity contribution in [2.24, 2.45) is 5.92 Å². The molecule has 0 radical (unpaired) electrons. The van der Waals surface area contributed by atoms with Gasteiger partial charge in [0, 0.05) is 6.42 Å². The van der Waals surface area contributed by atoms with Gasteiger partial charge in [0.15, 0.2) is 0 Å². The van der Waals surface area contributed by atoms with Gasteiger partial charge >= 0.3 is 0 Å². The SMILES string of the molecule is CCCCCCC(C#N)C(=O)CC. The number of Topliss-reactive ketones (excluding diaryl/α,β-unsaturated/α-hetero) is 1. The van der Waals surface area contributed by atoms with E-state index in [1.54, 1.807) is 0 Å². The van der Waals surface area contributed by atoms with E-state index in [1.807, 2.05) is 6.92 Å². The molecule has 0 aliphatic carbocycles. The number of nitrogens with zero attached hydrogens (tertiary/aromatic N) is 1. The maximum Gasteiger partial charge on any atom is 0.149 e. The third-order valence-corrected chi connectivity index (χ3v) is 2.24. The summed E-state index contributed by atoms with van der Waals surface area (Å²) in [5.41, 5.74) is 0. The molecular weight excluding hydrogens is 162 g/mol. The molecule has 0 bridgehead atoms. The molecule has 0 heterocycles. The standard InChI is InChI=1S/C11H19NO/c1-3-5-6-7-8-10(9-12)11(13)4-2/h10H,3-8H2,1-2H3. The summed E-state index contributed by atoms with van der Waals surface area (Å²) in [6.07, 6.45) is 5.80. The summed E-state index contributed by atoms with van der Waals surface area (Å²) >= 11 is 0. The van der Waals surface area contributed by atoms with Gasteiger partial charge in [0.2, 0.25) is 0 Å². The molecule has 0 fully saturated rings. The Bertz CT molecular complexity index is 181. The largest absolute Gasteiger partial charge is 0.298 e. The summed E-state index contributed by atoms with van der Waals surface area (Å²) in [6, 6.07) is 2.08. The topological polar surface area (TPSA) is 40.9 Å². The van der Waals surface area contributed by atoms with Crippen molar-refractivity contribution in [3.05, 3.63) is 0 Å². The van der Waals surface area contributed by atoms with Crippen molar-refractivity contribution in [2.75, 3.05) is 0 Å². The van der Waals surface area contributed by atoms with Gasteiger partial charge < -0.3 is 0 Å². The molecular formula is C11H19NO. The molecule has 1 atom stereocenters. The van der Waals surface area contributed by atoms with Crippen LogP contribution < -0.4 is 0 Å². The van der Waals surface area contributed by atoms with Crippen molar-refractivity contribution in [3.63, 3.8) is 0 Å². The van der Waals surface area contributed by atoms with Gasteiger partial charge in [-0.05, 0) is 6.42 Å². The summed E-state index contributed by atoms with van der Waals surface area (Å²) in [4.78, 5) is 11.2. The predicted molar refractivity (Wildman–Crippen MR) is 53.2 cm³/mol. The highest BCUT2D eigenvalue weighted by atomic mass is 16.1. The van der Waals surface area contributed by atoms with Crippen molar-refractivity contribution < 1.29 is 4.79 Å². The average Bonchev–Trinajstić information content (AvgIpc) is 2.17. The van der Waals surface area contributed by atoms with Gasteiger partial charge in [0.25, 0.3) is 0 Å². The van der Waals surface area contributed by atoms with Crippen LogP contribution in [0.1, 0.15) is 52.4 Å². The first-order valence-electron chi connectivity index (χ1n) is 5.18. The second-order valence-corrected chi connectivity index (χ2v) is 3.35. The van der Waals surface area contributed by atoms with Crippen LogP contribution in [0.3, 0.4) is 0 Å². The lowest BCUT2D eigenvalue weighted by Crippen LogP contribution is -2.10. The van der Waals surface area contributed by atoms with Crippen molar-refractivity contribution in [1.82, 2.24) is 0 Å². The molecule has 0 saturated heterocycles. The molecule has 0 saturated carbocycles. The van der Waals surface area contributed by atoms with Crippen LogP contribution in [0.2, 0.25) is 0 Å². The zero-order valence-corrected chi connectivity index (χ0v) is 8.68. The number of carbonyl (C=O) groups is 1. The smallest absolute Gasteiger partial charge is 0.149 e. The second-order valence-electron chi connectivity index (χ2n) is 3.35. The molecule has 0 aromatic carbocycles. The molecule has 74 valence electrons. The first-order chi connectivity index (χ1) is 6.26. The van der Waals surface area contributed by atoms with Crippen LogP contribution in [0.5, 0.6) is 0 Å². The van der Waals surface area contributed by atoms with Gasteiger partial charge in [-0.25, -0.2) is 0 Å². The summed E-state index contributed by atoms with van der Waals surface area (Å²) in [5, 5.41) is 8.71. The number of nitriles is 1. The van der Waals surface area contributed by atoms with Crippen molar-refractivity contribution in [3.8, 4) is 6.07 Å². The lowest BCUT2D eigenvalue weighted by molar-refractivity contribution is -0.121. The molecule has 2 nitrogen and oxygen atoms in total. The van der Waals surface area contributed by atoms with Gasteiger partial charge in [0.05, 0.1) is 6.07 Å². The van der Waals surface area contributed by atoms with E-state index in [2.05, 4.69) is 13.0 Å². The number of ketones is 1. The molecule has 0 rings (SSSR count). The Hall–Kier alpha value is -0.840. The summed E-state index contributed by atoms with van der Waals surface area (Å²) in [5.74, 6) is -0.249. The monoisotopic (exact) mass is 181 g/mol. The minimum Gasteiger partial charge on any atom is -0.298 e. The predicted octanol–water partition coefficient (Wildman–Crippen LogP) is 3.08. The number of unbranched alkanes of at least 4 members (excludes halogenated alkanes) is 3. The molecule has 0 aliphatic rings. The quantitative estimate of drug-likeness (QED) is 0.566. The highest BCUT2D eigenvalue weighted by molar-refractivity contribution is 5.82. The Kier molecular flexibility index (Phi) is 7.29. The summed E-state index contributed by atoms with van der Waals surface area (Å²) in [6.45, 7) is 3.97. The highest BCUT2D eigenvalue weighted by Crippen LogP contribution is 2.12. The third-order valence-electron chi connectivity index (χ3n) is 2.24. The maximum atomic E-state index is 11.2. The maximum absolute atomic E-state index is 11.2. The van der Waals surface area contributed by atoms with E-state index in [1.165, 1.54) is 12.8 Å². The Morgan fingerprint density at radius 3 is 2.46 bits per heavy atom. The zero-order valence-electron chi connectivity index (χ0n) is 8.68. The molecule has 1 unspecified atom stereocenters. The van der Waals surface area contributed by atoms with Crippen molar-refractivity contribution >= 4 is 5.78 Å². The Balaban J connectivity index is 3.62. The minimum atomic E-state index is -0.346. The van der Waals surface area contributed by atoms with E-state index < -0.39 is 0 Å². The molecule has 0 spiro atoms. The van der Waals surface area contributed by atoms with E-state index in [9.17, 15) is 4.79 Å². The van der Waals surface area contributed by atoms with Crippen LogP contribution in [0, 0.1) is 17.2 Å². The van der Waals surface area contributed by atoms with Gasteiger partial charge in [0.1, 0.15) is 11.7 Å². The normalized spacial score (nSPS) is 12.1. The van der Waals surface area contributed by atoms with Gasteiger partial charge in [-0.3, -0.25) is 4.79 Å². The number of hydrogen-bond donors (Lipinski definition) is 0. The van der Waals surface area contributed by atoms with Crippen LogP contribution in [0.15, 0.2) is 0 Å². The zero-order chi connectivity index (χ0) is 10.1. The van der Waals surface area contributed by atoms with E-state index in [4.69, 9.17) is 5.26 Å².